The van der Waals surface area contributed by atoms with E-state index in [1.807, 2.05) is 0 Å². The van der Waals surface area contributed by atoms with Crippen LogP contribution in [-0.4, -0.2) is 48.2 Å². The molecule has 0 unspecified atom stereocenters. The predicted octanol–water partition coefficient (Wildman–Crippen LogP) is 3.33. The van der Waals surface area contributed by atoms with Crippen LogP contribution >= 0.6 is 11.6 Å². The molecule has 3 rings (SSSR count). The van der Waals surface area contributed by atoms with Gasteiger partial charge in [-0.25, -0.2) is 13.6 Å². The Morgan fingerprint density at radius 3 is 2.62 bits per heavy atom. The topological polar surface area (TPSA) is 120 Å². The standard InChI is InChI=1S/C18H17ClF5N7O3/c1-3-4-30-11(6-20)29-31(17(30)33)14-10(21)5-9(16(26-14)34-7-18(22,23)24)15(32)25-12-8(2)27-28-13(12)19/h5H,3-4,6-7H2,1-2H3,(H,25,32)(H,27,28). The summed E-state index contributed by atoms with van der Waals surface area (Å²) in [6.45, 7) is 0.231. The lowest BCUT2D eigenvalue weighted by atomic mass is 10.2. The Morgan fingerprint density at radius 2 is 2.06 bits per heavy atom. The minimum absolute atomic E-state index is 0.0000356. The third kappa shape index (κ3) is 5.18. The highest BCUT2D eigenvalue weighted by Gasteiger charge is 2.31. The molecule has 0 bridgehead atoms. The first-order valence-electron chi connectivity index (χ1n) is 9.63. The molecule has 34 heavy (non-hydrogen) atoms. The summed E-state index contributed by atoms with van der Waals surface area (Å²) in [5.41, 5.74) is -1.39. The van der Waals surface area contributed by atoms with Crippen LogP contribution in [0.25, 0.3) is 5.82 Å². The first-order chi connectivity index (χ1) is 16.0. The number of carbonyl (C=O) groups excluding carboxylic acids is 1. The number of amides is 1. The molecule has 16 heteroatoms. The SMILES string of the molecule is CCCn1c(CF)nn(-c2nc(OCC(F)(F)F)c(C(=O)Nc3c(Cl)n[nH]c3C)cc2F)c1=O. The maximum Gasteiger partial charge on any atom is 0.422 e. The van der Waals surface area contributed by atoms with Crippen LogP contribution in [0.3, 0.4) is 0 Å². The molecule has 0 aliphatic heterocycles. The second-order valence-corrected chi connectivity index (χ2v) is 7.27. The summed E-state index contributed by atoms with van der Waals surface area (Å²) >= 11 is 5.84. The van der Waals surface area contributed by atoms with Gasteiger partial charge in [0, 0.05) is 6.54 Å². The Balaban J connectivity index is 2.11. The number of hydrogen-bond donors (Lipinski definition) is 2. The molecule has 1 amide bonds. The van der Waals surface area contributed by atoms with Crippen LogP contribution < -0.4 is 15.7 Å². The third-order valence-electron chi connectivity index (χ3n) is 4.39. The van der Waals surface area contributed by atoms with E-state index in [0.717, 1.165) is 4.57 Å². The second kappa shape index (κ2) is 9.79. The minimum Gasteiger partial charge on any atom is -0.467 e. The van der Waals surface area contributed by atoms with Gasteiger partial charge < -0.3 is 10.1 Å². The number of aryl methyl sites for hydroxylation is 1. The number of carbonyl (C=O) groups is 1. The van der Waals surface area contributed by atoms with Crippen LogP contribution in [-0.2, 0) is 13.2 Å². The van der Waals surface area contributed by atoms with Crippen molar-refractivity contribution in [3.05, 3.63) is 44.6 Å². The summed E-state index contributed by atoms with van der Waals surface area (Å²) in [7, 11) is 0. The fraction of sp³-hybridized carbons (Fsp3) is 0.389. The lowest BCUT2D eigenvalue weighted by molar-refractivity contribution is -0.154. The Morgan fingerprint density at radius 1 is 1.35 bits per heavy atom. The summed E-state index contributed by atoms with van der Waals surface area (Å²) in [6.07, 6.45) is -4.40. The third-order valence-corrected chi connectivity index (χ3v) is 4.66. The Bertz CT molecular complexity index is 1250. The van der Waals surface area contributed by atoms with Gasteiger partial charge in [-0.2, -0.15) is 27.9 Å². The first kappa shape index (κ1) is 25.1. The number of aromatic amines is 1. The molecule has 3 heterocycles. The number of aromatic nitrogens is 6. The van der Waals surface area contributed by atoms with E-state index in [9.17, 15) is 31.5 Å². The molecule has 0 saturated carbocycles. The monoisotopic (exact) mass is 509 g/mol. The molecular weight excluding hydrogens is 493 g/mol. The number of nitrogens with zero attached hydrogens (tertiary/aromatic N) is 5. The van der Waals surface area contributed by atoms with E-state index in [1.165, 1.54) is 6.92 Å². The molecule has 3 aromatic heterocycles. The molecule has 0 atom stereocenters. The van der Waals surface area contributed by atoms with Gasteiger partial charge >= 0.3 is 11.9 Å². The van der Waals surface area contributed by atoms with E-state index in [1.54, 1.807) is 6.92 Å². The van der Waals surface area contributed by atoms with Gasteiger partial charge in [-0.15, -0.1) is 5.10 Å². The summed E-state index contributed by atoms with van der Waals surface area (Å²) in [4.78, 5) is 28.9. The molecule has 0 radical (unpaired) electrons. The first-order valence-corrected chi connectivity index (χ1v) is 10.0. The quantitative estimate of drug-likeness (QED) is 0.450. The van der Waals surface area contributed by atoms with Crippen molar-refractivity contribution in [2.24, 2.45) is 0 Å². The number of ether oxygens (including phenoxy) is 1. The van der Waals surface area contributed by atoms with Crippen LogP contribution in [0, 0.1) is 12.7 Å². The van der Waals surface area contributed by atoms with Gasteiger partial charge in [0.25, 0.3) is 5.91 Å². The molecule has 0 aliphatic rings. The van der Waals surface area contributed by atoms with Crippen molar-refractivity contribution < 1.29 is 31.5 Å². The molecule has 0 fully saturated rings. The van der Waals surface area contributed by atoms with E-state index < -0.39 is 54.1 Å². The number of hydrogen-bond acceptors (Lipinski definition) is 6. The fourth-order valence-electron chi connectivity index (χ4n) is 2.88. The van der Waals surface area contributed by atoms with Crippen LogP contribution in [0.1, 0.15) is 35.2 Å². The lowest BCUT2D eigenvalue weighted by Crippen LogP contribution is -2.27. The van der Waals surface area contributed by atoms with Crippen LogP contribution in [0.4, 0.5) is 27.6 Å². The fourth-order valence-corrected chi connectivity index (χ4v) is 3.11. The smallest absolute Gasteiger partial charge is 0.422 e. The average molecular weight is 510 g/mol. The molecule has 2 N–H and O–H groups in total. The van der Waals surface area contributed by atoms with E-state index in [0.29, 0.717) is 22.9 Å². The molecule has 184 valence electrons. The molecular formula is C18H17ClF5N7O3. The molecule has 0 saturated heterocycles. The zero-order chi connectivity index (χ0) is 25.2. The van der Waals surface area contributed by atoms with Crippen molar-refractivity contribution in [3.63, 3.8) is 0 Å². The molecule has 0 spiro atoms. The minimum atomic E-state index is -4.82. The summed E-state index contributed by atoms with van der Waals surface area (Å²) in [5.74, 6) is -4.57. The zero-order valence-corrected chi connectivity index (χ0v) is 18.4. The Labute approximate surface area is 192 Å². The van der Waals surface area contributed by atoms with Crippen molar-refractivity contribution in [1.29, 1.82) is 0 Å². The number of halogens is 6. The zero-order valence-electron chi connectivity index (χ0n) is 17.6. The molecule has 0 aromatic carbocycles. The highest BCUT2D eigenvalue weighted by Crippen LogP contribution is 2.27. The highest BCUT2D eigenvalue weighted by molar-refractivity contribution is 6.33. The van der Waals surface area contributed by atoms with E-state index >= 15 is 0 Å². The summed E-state index contributed by atoms with van der Waals surface area (Å²) in [6, 6.07) is 0.521. The lowest BCUT2D eigenvalue weighted by Gasteiger charge is -2.14. The number of pyridine rings is 1. The van der Waals surface area contributed by atoms with Crippen molar-refractivity contribution in [2.75, 3.05) is 11.9 Å². The van der Waals surface area contributed by atoms with Gasteiger partial charge in [-0.3, -0.25) is 14.5 Å². The van der Waals surface area contributed by atoms with Crippen molar-refractivity contribution >= 4 is 23.2 Å². The van der Waals surface area contributed by atoms with Gasteiger partial charge in [0.15, 0.2) is 29.2 Å². The van der Waals surface area contributed by atoms with Crippen molar-refractivity contribution in [2.45, 2.75) is 39.7 Å². The molecule has 10 nitrogen and oxygen atoms in total. The van der Waals surface area contributed by atoms with Gasteiger partial charge in [0.05, 0.1) is 5.69 Å². The largest absolute Gasteiger partial charge is 0.467 e. The van der Waals surface area contributed by atoms with Gasteiger partial charge in [0.1, 0.15) is 17.9 Å². The molecule has 3 aromatic rings. The highest BCUT2D eigenvalue weighted by atomic mass is 35.5. The van der Waals surface area contributed by atoms with Gasteiger partial charge in [0.2, 0.25) is 5.88 Å². The number of H-pyrrole nitrogens is 1. The second-order valence-electron chi connectivity index (χ2n) is 6.91. The maximum atomic E-state index is 14.9. The van der Waals surface area contributed by atoms with Crippen LogP contribution in [0.5, 0.6) is 5.88 Å². The van der Waals surface area contributed by atoms with Gasteiger partial charge in [-0.1, -0.05) is 18.5 Å². The van der Waals surface area contributed by atoms with Crippen LogP contribution in [0.15, 0.2) is 10.9 Å². The Hall–Kier alpha value is -3.49. The van der Waals surface area contributed by atoms with Crippen LogP contribution in [0.2, 0.25) is 5.15 Å². The number of anilines is 1. The Kier molecular flexibility index (Phi) is 7.24. The van der Waals surface area contributed by atoms with Crippen molar-refractivity contribution in [3.8, 4) is 11.7 Å². The molecule has 0 aliphatic carbocycles. The normalized spacial score (nSPS) is 11.6. The van der Waals surface area contributed by atoms with Gasteiger partial charge in [-0.05, 0) is 19.4 Å². The summed E-state index contributed by atoms with van der Waals surface area (Å²) in [5, 5.41) is 11.9. The maximum absolute atomic E-state index is 14.9. The van der Waals surface area contributed by atoms with E-state index in [4.69, 9.17) is 11.6 Å². The number of alkyl halides is 4. The summed E-state index contributed by atoms with van der Waals surface area (Å²) < 4.78 is 72.5. The predicted molar refractivity (Wildman–Crippen MR) is 109 cm³/mol. The number of nitrogens with one attached hydrogen (secondary N) is 2. The van der Waals surface area contributed by atoms with Crippen molar-refractivity contribution in [1.82, 2.24) is 29.5 Å². The van der Waals surface area contributed by atoms with E-state index in [-0.39, 0.29) is 23.2 Å². The van der Waals surface area contributed by atoms with E-state index in [2.05, 4.69) is 30.3 Å². The average Bonchev–Trinajstić information content (AvgIpc) is 3.25. The number of rotatable bonds is 8.